The van der Waals surface area contributed by atoms with Gasteiger partial charge in [-0.2, -0.15) is 0 Å². The van der Waals surface area contributed by atoms with Crippen molar-refractivity contribution in [1.82, 2.24) is 19.9 Å². The number of hydrogen-bond acceptors (Lipinski definition) is 5. The van der Waals surface area contributed by atoms with Gasteiger partial charge in [0.05, 0.1) is 28.0 Å². The molecule has 0 saturated carbocycles. The number of benzene rings is 1. The highest BCUT2D eigenvalue weighted by Gasteiger charge is 2.26. The summed E-state index contributed by atoms with van der Waals surface area (Å²) in [6, 6.07) is 24.4. The lowest BCUT2D eigenvalue weighted by molar-refractivity contribution is 0.196. The molecule has 6 nitrogen and oxygen atoms in total. The van der Waals surface area contributed by atoms with Crippen molar-refractivity contribution in [3.8, 4) is 0 Å². The maximum atomic E-state index is 11.9. The van der Waals surface area contributed by atoms with Crippen LogP contribution in [0.1, 0.15) is 28.7 Å². The largest absolute Gasteiger partial charge is 0.302 e. The summed E-state index contributed by atoms with van der Waals surface area (Å²) in [5, 5.41) is 0. The molecule has 0 bridgehead atoms. The molecule has 1 unspecified atom stereocenters. The van der Waals surface area contributed by atoms with Crippen molar-refractivity contribution >= 4 is 11.1 Å². The lowest BCUT2D eigenvalue weighted by Gasteiger charge is -2.31. The summed E-state index contributed by atoms with van der Waals surface area (Å²) in [6.07, 6.45) is 5.29. The molecule has 0 amide bonds. The fourth-order valence-electron chi connectivity index (χ4n) is 3.56. The molecule has 0 spiro atoms. The van der Waals surface area contributed by atoms with Crippen molar-refractivity contribution in [2.75, 3.05) is 0 Å². The molecule has 1 atom stereocenters. The van der Waals surface area contributed by atoms with Gasteiger partial charge in [-0.3, -0.25) is 19.9 Å². The topological polar surface area (TPSA) is 79.2 Å². The summed E-state index contributed by atoms with van der Waals surface area (Å²) >= 11 is -2.08. The van der Waals surface area contributed by atoms with E-state index in [1.165, 1.54) is 0 Å². The molecule has 0 aliphatic heterocycles. The highest BCUT2D eigenvalue weighted by atomic mass is 32.2. The normalized spacial score (nSPS) is 12.2. The molecule has 0 fully saturated rings. The molecule has 4 rings (SSSR count). The summed E-state index contributed by atoms with van der Waals surface area (Å²) in [6.45, 7) is 0.946. The summed E-state index contributed by atoms with van der Waals surface area (Å²) < 4.78 is 21.7. The van der Waals surface area contributed by atoms with Crippen molar-refractivity contribution in [3.05, 3.63) is 120 Å². The van der Waals surface area contributed by atoms with Gasteiger partial charge in [0.25, 0.3) is 0 Å². The lowest BCUT2D eigenvalue weighted by Crippen LogP contribution is -2.31. The molecule has 0 aliphatic rings. The van der Waals surface area contributed by atoms with E-state index < -0.39 is 11.1 Å². The van der Waals surface area contributed by atoms with Crippen molar-refractivity contribution in [2.24, 2.45) is 0 Å². The van der Waals surface area contributed by atoms with Crippen LogP contribution in [0.15, 0.2) is 102 Å². The van der Waals surface area contributed by atoms with Crippen molar-refractivity contribution in [2.45, 2.75) is 24.0 Å². The molecule has 7 heteroatoms. The van der Waals surface area contributed by atoms with Crippen LogP contribution in [0.2, 0.25) is 0 Å². The van der Waals surface area contributed by atoms with Crippen LogP contribution in [0.4, 0.5) is 0 Å². The molecular weight excluding hydrogens is 408 g/mol. The first-order valence-corrected chi connectivity index (χ1v) is 11.0. The summed E-state index contributed by atoms with van der Waals surface area (Å²) in [7, 11) is 0. The van der Waals surface area contributed by atoms with Gasteiger partial charge in [-0.05, 0) is 48.0 Å². The first kappa shape index (κ1) is 21.0. The highest BCUT2D eigenvalue weighted by Crippen LogP contribution is 2.30. The maximum absolute atomic E-state index is 11.9. The number of aromatic nitrogens is 3. The Hall–Kier alpha value is -3.26. The molecular formula is C24H22N4O2S. The van der Waals surface area contributed by atoms with E-state index in [2.05, 4.69) is 19.9 Å². The molecule has 31 heavy (non-hydrogen) atoms. The first-order chi connectivity index (χ1) is 15.2. The Balaban J connectivity index is 1.80. The van der Waals surface area contributed by atoms with Crippen LogP contribution in [-0.2, 0) is 24.2 Å². The third-order valence-electron chi connectivity index (χ3n) is 4.93. The van der Waals surface area contributed by atoms with Gasteiger partial charge in [0.1, 0.15) is 0 Å². The molecule has 3 heterocycles. The van der Waals surface area contributed by atoms with Gasteiger partial charge in [0, 0.05) is 31.7 Å². The second-order valence-corrected chi connectivity index (χ2v) is 7.93. The minimum atomic E-state index is -2.08. The first-order valence-electron chi connectivity index (χ1n) is 9.87. The average molecular weight is 431 g/mol. The van der Waals surface area contributed by atoms with Gasteiger partial charge in [0.2, 0.25) is 0 Å². The standard InChI is InChI=1S/C24H22N4O2S/c29-31(30)23-13-2-1-9-19(23)17-28(18-20-10-3-6-14-25-20)24(21-11-4-7-15-26-21)22-12-5-8-16-27-22/h1-16,24H,17-18H2,(H,29,30). The Morgan fingerprint density at radius 3 is 1.87 bits per heavy atom. The van der Waals surface area contributed by atoms with E-state index in [1.807, 2.05) is 66.7 Å². The van der Waals surface area contributed by atoms with Gasteiger partial charge in [-0.1, -0.05) is 36.4 Å². The summed E-state index contributed by atoms with van der Waals surface area (Å²) in [5.74, 6) is 0. The third kappa shape index (κ3) is 5.27. The zero-order chi connectivity index (χ0) is 21.5. The molecule has 3 aromatic heterocycles. The minimum Gasteiger partial charge on any atom is -0.302 e. The SMILES string of the molecule is O=S(O)c1ccccc1CN(Cc1ccccn1)C(c1ccccn1)c1ccccn1. The van der Waals surface area contributed by atoms with E-state index in [4.69, 9.17) is 0 Å². The predicted molar refractivity (Wildman–Crippen MR) is 119 cm³/mol. The second-order valence-electron chi connectivity index (χ2n) is 6.99. The quantitative estimate of drug-likeness (QED) is 0.421. The van der Waals surface area contributed by atoms with E-state index in [1.54, 1.807) is 30.7 Å². The summed E-state index contributed by atoms with van der Waals surface area (Å²) in [5.41, 5.74) is 3.36. The van der Waals surface area contributed by atoms with E-state index >= 15 is 0 Å². The third-order valence-corrected chi connectivity index (χ3v) is 5.70. The number of pyridine rings is 3. The Labute approximate surface area is 183 Å². The Morgan fingerprint density at radius 1 is 0.742 bits per heavy atom. The predicted octanol–water partition coefficient (Wildman–Crippen LogP) is 4.24. The second kappa shape index (κ2) is 10.2. The van der Waals surface area contributed by atoms with Crippen LogP contribution in [0.5, 0.6) is 0 Å². The van der Waals surface area contributed by atoms with Gasteiger partial charge in [0.15, 0.2) is 11.1 Å². The van der Waals surface area contributed by atoms with Crippen molar-refractivity contribution in [1.29, 1.82) is 0 Å². The molecule has 0 aliphatic carbocycles. The number of rotatable bonds is 8. The molecule has 156 valence electrons. The minimum absolute atomic E-state index is 0.260. The van der Waals surface area contributed by atoms with Crippen LogP contribution in [0.25, 0.3) is 0 Å². The zero-order valence-corrected chi connectivity index (χ0v) is 17.6. The van der Waals surface area contributed by atoms with Crippen molar-refractivity contribution in [3.63, 3.8) is 0 Å². The lowest BCUT2D eigenvalue weighted by atomic mass is 10.0. The molecule has 1 aromatic carbocycles. The smallest absolute Gasteiger partial charge is 0.186 e. The van der Waals surface area contributed by atoms with Gasteiger partial charge < -0.3 is 4.55 Å². The van der Waals surface area contributed by atoms with E-state index in [0.717, 1.165) is 22.6 Å². The van der Waals surface area contributed by atoms with Gasteiger partial charge in [-0.15, -0.1) is 0 Å². The van der Waals surface area contributed by atoms with Crippen LogP contribution < -0.4 is 0 Å². The zero-order valence-electron chi connectivity index (χ0n) is 16.8. The molecule has 0 saturated heterocycles. The Bertz CT molecular complexity index is 1090. The van der Waals surface area contributed by atoms with Crippen molar-refractivity contribution < 1.29 is 8.76 Å². The van der Waals surface area contributed by atoms with Crippen LogP contribution in [0, 0.1) is 0 Å². The van der Waals surface area contributed by atoms with Crippen LogP contribution in [0.3, 0.4) is 0 Å². The van der Waals surface area contributed by atoms with Gasteiger partial charge in [-0.25, -0.2) is 4.21 Å². The fourth-order valence-corrected chi connectivity index (χ4v) is 4.11. The number of hydrogen-bond donors (Lipinski definition) is 1. The average Bonchev–Trinajstić information content (AvgIpc) is 2.81. The maximum Gasteiger partial charge on any atom is 0.186 e. The summed E-state index contributed by atoms with van der Waals surface area (Å²) in [4.78, 5) is 16.3. The van der Waals surface area contributed by atoms with E-state index in [0.29, 0.717) is 18.0 Å². The molecule has 0 radical (unpaired) electrons. The molecule has 1 N–H and O–H groups in total. The van der Waals surface area contributed by atoms with Gasteiger partial charge >= 0.3 is 0 Å². The van der Waals surface area contributed by atoms with Crippen LogP contribution >= 0.6 is 0 Å². The monoisotopic (exact) mass is 430 g/mol. The fraction of sp³-hybridized carbons (Fsp3) is 0.125. The highest BCUT2D eigenvalue weighted by molar-refractivity contribution is 7.79. The van der Waals surface area contributed by atoms with E-state index in [9.17, 15) is 8.76 Å². The molecule has 4 aromatic rings. The Morgan fingerprint density at radius 2 is 1.32 bits per heavy atom. The van der Waals surface area contributed by atoms with Crippen LogP contribution in [-0.4, -0.2) is 28.6 Å². The number of nitrogens with zero attached hydrogens (tertiary/aromatic N) is 4. The van der Waals surface area contributed by atoms with E-state index in [-0.39, 0.29) is 6.04 Å². The Kier molecular flexibility index (Phi) is 6.89.